The summed E-state index contributed by atoms with van der Waals surface area (Å²) in [5, 5.41) is 3.46. The van der Waals surface area contributed by atoms with Gasteiger partial charge in [-0.1, -0.05) is 140 Å². The van der Waals surface area contributed by atoms with Crippen molar-refractivity contribution in [2.75, 3.05) is 4.90 Å². The van der Waals surface area contributed by atoms with Crippen LogP contribution in [0.1, 0.15) is 0 Å². The Morgan fingerprint density at radius 3 is 1.54 bits per heavy atom. The van der Waals surface area contributed by atoms with Crippen molar-refractivity contribution in [1.29, 1.82) is 0 Å². The van der Waals surface area contributed by atoms with Crippen LogP contribution in [0.25, 0.3) is 66.4 Å². The number of anilines is 3. The molecule has 0 amide bonds. The molecule has 0 bridgehead atoms. The quantitative estimate of drug-likeness (QED) is 0.173. The molecule has 2 heteroatoms. The zero-order valence-corrected chi connectivity index (χ0v) is 27.4. The Kier molecular flexibility index (Phi) is 7.53. The zero-order chi connectivity index (χ0) is 33.3. The van der Waals surface area contributed by atoms with Crippen LogP contribution in [0, 0.1) is 0 Å². The molecule has 0 aliphatic heterocycles. The topological polar surface area (TPSA) is 16.4 Å². The maximum absolute atomic E-state index is 6.45. The van der Waals surface area contributed by atoms with E-state index in [0.29, 0.717) is 0 Å². The largest absolute Gasteiger partial charge is 0.456 e. The smallest absolute Gasteiger partial charge is 0.137 e. The number of fused-ring (bicyclic) bond motifs is 2. The number of furan rings is 1. The molecule has 50 heavy (non-hydrogen) atoms. The molecule has 0 spiro atoms. The Balaban J connectivity index is 1.20. The van der Waals surface area contributed by atoms with Crippen LogP contribution in [0.3, 0.4) is 0 Å². The van der Waals surface area contributed by atoms with Crippen LogP contribution < -0.4 is 4.90 Å². The Morgan fingerprint density at radius 2 is 0.860 bits per heavy atom. The van der Waals surface area contributed by atoms with Crippen molar-refractivity contribution in [3.8, 4) is 44.7 Å². The summed E-state index contributed by atoms with van der Waals surface area (Å²) >= 11 is 0. The maximum atomic E-state index is 6.45. The van der Waals surface area contributed by atoms with E-state index >= 15 is 0 Å². The molecular weight excluding hydrogens is 607 g/mol. The lowest BCUT2D eigenvalue weighted by atomic mass is 9.93. The van der Waals surface area contributed by atoms with Crippen LogP contribution >= 0.6 is 0 Å². The molecular formula is C48H33NO. The van der Waals surface area contributed by atoms with Gasteiger partial charge in [0, 0.05) is 22.0 Å². The van der Waals surface area contributed by atoms with E-state index in [-0.39, 0.29) is 0 Å². The van der Waals surface area contributed by atoms with Crippen LogP contribution in [0.5, 0.6) is 0 Å². The zero-order valence-electron chi connectivity index (χ0n) is 27.4. The molecule has 0 saturated carbocycles. The number of nitrogens with zero attached hydrogens (tertiary/aromatic N) is 1. The van der Waals surface area contributed by atoms with Crippen LogP contribution in [0.4, 0.5) is 17.1 Å². The SMILES string of the molecule is c1ccc(-c2cc(-c3ccccc3)cc(-c3ccc(N(c4ccccc4-c4cc5ccccc5o4)c4cccc5ccccc45)cc3)c2)cc1. The van der Waals surface area contributed by atoms with Gasteiger partial charge in [-0.3, -0.25) is 0 Å². The first-order valence-corrected chi connectivity index (χ1v) is 17.0. The lowest BCUT2D eigenvalue weighted by Crippen LogP contribution is -2.11. The van der Waals surface area contributed by atoms with Gasteiger partial charge in [0.15, 0.2) is 0 Å². The first-order valence-electron chi connectivity index (χ1n) is 17.0. The maximum Gasteiger partial charge on any atom is 0.137 e. The highest BCUT2D eigenvalue weighted by Gasteiger charge is 2.21. The van der Waals surface area contributed by atoms with E-state index in [1.54, 1.807) is 0 Å². The molecule has 2 nitrogen and oxygen atoms in total. The van der Waals surface area contributed by atoms with Crippen molar-refractivity contribution in [2.24, 2.45) is 0 Å². The van der Waals surface area contributed by atoms with Gasteiger partial charge in [0.25, 0.3) is 0 Å². The molecule has 9 rings (SSSR count). The van der Waals surface area contributed by atoms with E-state index < -0.39 is 0 Å². The van der Waals surface area contributed by atoms with Crippen LogP contribution in [0.15, 0.2) is 205 Å². The van der Waals surface area contributed by atoms with Gasteiger partial charge in [-0.05, 0) is 99.4 Å². The molecule has 0 aliphatic carbocycles. The third-order valence-corrected chi connectivity index (χ3v) is 9.45. The van der Waals surface area contributed by atoms with Crippen LogP contribution in [-0.4, -0.2) is 0 Å². The molecule has 0 fully saturated rings. The fourth-order valence-corrected chi connectivity index (χ4v) is 6.99. The minimum Gasteiger partial charge on any atom is -0.456 e. The summed E-state index contributed by atoms with van der Waals surface area (Å²) in [7, 11) is 0. The highest BCUT2D eigenvalue weighted by Crippen LogP contribution is 2.45. The second kappa shape index (κ2) is 12.8. The second-order valence-corrected chi connectivity index (χ2v) is 12.6. The number of hydrogen-bond acceptors (Lipinski definition) is 2. The van der Waals surface area contributed by atoms with Gasteiger partial charge in [-0.15, -0.1) is 0 Å². The fourth-order valence-electron chi connectivity index (χ4n) is 6.99. The molecule has 0 aliphatic rings. The summed E-state index contributed by atoms with van der Waals surface area (Å²) in [4.78, 5) is 2.37. The van der Waals surface area contributed by atoms with E-state index in [0.717, 1.165) is 44.9 Å². The Bertz CT molecular complexity index is 2490. The van der Waals surface area contributed by atoms with Crippen molar-refractivity contribution < 1.29 is 4.42 Å². The molecule has 0 radical (unpaired) electrons. The summed E-state index contributed by atoms with van der Waals surface area (Å²) < 4.78 is 6.45. The van der Waals surface area contributed by atoms with Crippen molar-refractivity contribution >= 4 is 38.8 Å². The Labute approximate surface area is 292 Å². The van der Waals surface area contributed by atoms with Gasteiger partial charge in [0.2, 0.25) is 0 Å². The monoisotopic (exact) mass is 639 g/mol. The lowest BCUT2D eigenvalue weighted by Gasteiger charge is -2.28. The van der Waals surface area contributed by atoms with Crippen molar-refractivity contribution in [3.63, 3.8) is 0 Å². The van der Waals surface area contributed by atoms with Gasteiger partial charge in [0.05, 0.1) is 11.4 Å². The summed E-state index contributed by atoms with van der Waals surface area (Å²) in [5.41, 5.74) is 12.3. The Morgan fingerprint density at radius 1 is 0.340 bits per heavy atom. The fraction of sp³-hybridized carbons (Fsp3) is 0. The van der Waals surface area contributed by atoms with E-state index in [2.05, 4.69) is 193 Å². The van der Waals surface area contributed by atoms with Gasteiger partial charge < -0.3 is 9.32 Å². The molecule has 9 aromatic rings. The van der Waals surface area contributed by atoms with E-state index in [9.17, 15) is 0 Å². The standard InChI is InChI=1S/C48H33NO/c1-3-14-34(15-4-1)39-30-40(35-16-5-2-6-17-35)32-41(31-39)36-26-28-42(29-27-36)49(45-24-13-20-37-18-7-9-21-43(37)45)46-23-11-10-22-44(46)48-33-38-19-8-12-25-47(38)50-48/h1-33H. The van der Waals surface area contributed by atoms with Crippen LogP contribution in [0.2, 0.25) is 0 Å². The highest BCUT2D eigenvalue weighted by atomic mass is 16.3. The third-order valence-electron chi connectivity index (χ3n) is 9.45. The summed E-state index contributed by atoms with van der Waals surface area (Å²) in [5.74, 6) is 0.842. The molecule has 1 aromatic heterocycles. The van der Waals surface area contributed by atoms with E-state index in [1.807, 2.05) is 12.1 Å². The van der Waals surface area contributed by atoms with Gasteiger partial charge >= 0.3 is 0 Å². The third kappa shape index (κ3) is 5.53. The molecule has 0 atom stereocenters. The second-order valence-electron chi connectivity index (χ2n) is 12.6. The summed E-state index contributed by atoms with van der Waals surface area (Å²) in [6.45, 7) is 0. The number of rotatable bonds is 7. The van der Waals surface area contributed by atoms with Crippen molar-refractivity contribution in [1.82, 2.24) is 0 Å². The average molecular weight is 640 g/mol. The van der Waals surface area contributed by atoms with Gasteiger partial charge in [0.1, 0.15) is 11.3 Å². The molecule has 8 aromatic carbocycles. The number of benzene rings is 8. The van der Waals surface area contributed by atoms with Crippen molar-refractivity contribution in [3.05, 3.63) is 200 Å². The average Bonchev–Trinajstić information content (AvgIpc) is 3.64. The van der Waals surface area contributed by atoms with Gasteiger partial charge in [-0.2, -0.15) is 0 Å². The van der Waals surface area contributed by atoms with Gasteiger partial charge in [-0.25, -0.2) is 0 Å². The first-order chi connectivity index (χ1) is 24.8. The molecule has 0 N–H and O–H groups in total. The van der Waals surface area contributed by atoms with Crippen molar-refractivity contribution in [2.45, 2.75) is 0 Å². The number of para-hydroxylation sites is 2. The number of hydrogen-bond donors (Lipinski definition) is 0. The lowest BCUT2D eigenvalue weighted by molar-refractivity contribution is 0.631. The normalized spacial score (nSPS) is 11.2. The first kappa shape index (κ1) is 29.5. The summed E-state index contributed by atoms with van der Waals surface area (Å²) in [6, 6.07) is 71.1. The predicted molar refractivity (Wildman–Crippen MR) is 210 cm³/mol. The Hall–Kier alpha value is -6.64. The molecule has 0 saturated heterocycles. The van der Waals surface area contributed by atoms with E-state index in [4.69, 9.17) is 4.42 Å². The predicted octanol–water partition coefficient (Wildman–Crippen LogP) is 13.7. The molecule has 0 unspecified atom stereocenters. The summed E-state index contributed by atoms with van der Waals surface area (Å²) in [6.07, 6.45) is 0. The molecule has 1 heterocycles. The molecule has 236 valence electrons. The van der Waals surface area contributed by atoms with Crippen LogP contribution in [-0.2, 0) is 0 Å². The minimum atomic E-state index is 0.842. The highest BCUT2D eigenvalue weighted by molar-refractivity contribution is 6.01. The minimum absolute atomic E-state index is 0.842. The van der Waals surface area contributed by atoms with E-state index in [1.165, 1.54) is 38.6 Å².